The first-order valence-electron chi connectivity index (χ1n) is 9.39. The number of hydrogen-bond donors (Lipinski definition) is 0. The summed E-state index contributed by atoms with van der Waals surface area (Å²) in [6.45, 7) is 3.20. The normalized spacial score (nSPS) is 14.8. The number of rotatable bonds is 5. The third-order valence-corrected chi connectivity index (χ3v) is 5.61. The van der Waals surface area contributed by atoms with Gasteiger partial charge < -0.3 is 9.64 Å². The number of amides is 1. The number of thiazole rings is 1. The first-order valence-corrected chi connectivity index (χ1v) is 10.2. The summed E-state index contributed by atoms with van der Waals surface area (Å²) in [4.78, 5) is 39.2. The molecule has 1 fully saturated rings. The molecule has 1 aromatic heterocycles. The Bertz CT molecular complexity index is 1120. The molecule has 3 rings (SSSR count). The van der Waals surface area contributed by atoms with Crippen LogP contribution in [0, 0.1) is 11.3 Å². The standard InChI is InChI=1S/C21H21N3O4S/c1-2-28-20(26)12-19-24(14-18(25)23-9-3-4-10-23)21(27)17(29-19)11-15-5-7-16(13-22)8-6-15/h5-8,11-12H,2-4,9-10,14H2,1H3/b17-11-,19-12?. The first kappa shape index (κ1) is 20.6. The number of nitriles is 1. The predicted molar refractivity (Wildman–Crippen MR) is 109 cm³/mol. The maximum Gasteiger partial charge on any atom is 0.333 e. The van der Waals surface area contributed by atoms with Gasteiger partial charge in [-0.05, 0) is 43.5 Å². The minimum atomic E-state index is -0.555. The van der Waals surface area contributed by atoms with Gasteiger partial charge in [0, 0.05) is 13.1 Å². The highest BCUT2D eigenvalue weighted by Gasteiger charge is 2.19. The molecule has 0 spiro atoms. The number of hydrogen-bond acceptors (Lipinski definition) is 6. The Balaban J connectivity index is 2.03. The van der Waals surface area contributed by atoms with Crippen LogP contribution in [-0.2, 0) is 20.9 Å². The Hall–Kier alpha value is -3.18. The number of aromatic nitrogens is 1. The van der Waals surface area contributed by atoms with E-state index in [1.165, 1.54) is 10.6 Å². The zero-order valence-electron chi connectivity index (χ0n) is 16.1. The highest BCUT2D eigenvalue weighted by molar-refractivity contribution is 7.07. The summed E-state index contributed by atoms with van der Waals surface area (Å²) in [6, 6.07) is 8.87. The molecule has 0 N–H and O–H groups in total. The maximum atomic E-state index is 13.0. The van der Waals surface area contributed by atoms with Crippen LogP contribution >= 0.6 is 11.3 Å². The molecule has 2 heterocycles. The van der Waals surface area contributed by atoms with Crippen LogP contribution in [0.2, 0.25) is 0 Å². The molecule has 1 amide bonds. The van der Waals surface area contributed by atoms with Crippen LogP contribution in [0.25, 0.3) is 12.2 Å². The fourth-order valence-electron chi connectivity index (χ4n) is 3.08. The summed E-state index contributed by atoms with van der Waals surface area (Å²) < 4.78 is 7.07. The molecule has 1 aromatic carbocycles. The van der Waals surface area contributed by atoms with Gasteiger partial charge in [-0.15, -0.1) is 11.3 Å². The van der Waals surface area contributed by atoms with Crippen molar-refractivity contribution in [1.82, 2.24) is 9.47 Å². The predicted octanol–water partition coefficient (Wildman–Crippen LogP) is 0.576. The lowest BCUT2D eigenvalue weighted by molar-refractivity contribution is -0.135. The van der Waals surface area contributed by atoms with Crippen molar-refractivity contribution in [2.24, 2.45) is 0 Å². The Labute approximate surface area is 171 Å². The lowest BCUT2D eigenvalue weighted by Crippen LogP contribution is -2.39. The number of carbonyl (C=O) groups is 2. The molecule has 1 aliphatic heterocycles. The Morgan fingerprint density at radius 3 is 2.55 bits per heavy atom. The van der Waals surface area contributed by atoms with Crippen molar-refractivity contribution in [1.29, 1.82) is 5.26 Å². The van der Waals surface area contributed by atoms with Crippen molar-refractivity contribution in [3.63, 3.8) is 0 Å². The van der Waals surface area contributed by atoms with Crippen molar-refractivity contribution >= 4 is 35.4 Å². The Kier molecular flexibility index (Phi) is 6.62. The topological polar surface area (TPSA) is 92.4 Å². The van der Waals surface area contributed by atoms with Crippen molar-refractivity contribution in [3.8, 4) is 6.07 Å². The molecule has 0 radical (unpaired) electrons. The van der Waals surface area contributed by atoms with Crippen LogP contribution in [0.3, 0.4) is 0 Å². The van der Waals surface area contributed by atoms with Gasteiger partial charge in [0.25, 0.3) is 5.56 Å². The summed E-state index contributed by atoms with van der Waals surface area (Å²) in [5.74, 6) is -0.688. The zero-order valence-corrected chi connectivity index (χ0v) is 16.9. The van der Waals surface area contributed by atoms with Gasteiger partial charge in [-0.3, -0.25) is 14.2 Å². The van der Waals surface area contributed by atoms with Gasteiger partial charge in [-0.25, -0.2) is 4.79 Å². The third-order valence-electron chi connectivity index (χ3n) is 4.55. The molecule has 0 unspecified atom stereocenters. The van der Waals surface area contributed by atoms with Gasteiger partial charge in [0.15, 0.2) is 0 Å². The van der Waals surface area contributed by atoms with E-state index < -0.39 is 5.97 Å². The minimum absolute atomic E-state index is 0.109. The molecule has 8 heteroatoms. The second kappa shape index (κ2) is 9.34. The third kappa shape index (κ3) is 5.00. The van der Waals surface area contributed by atoms with E-state index >= 15 is 0 Å². The summed E-state index contributed by atoms with van der Waals surface area (Å²) in [5.41, 5.74) is 0.948. The van der Waals surface area contributed by atoms with Crippen molar-refractivity contribution < 1.29 is 14.3 Å². The summed E-state index contributed by atoms with van der Waals surface area (Å²) >= 11 is 1.13. The highest BCUT2D eigenvalue weighted by Crippen LogP contribution is 2.08. The van der Waals surface area contributed by atoms with E-state index in [0.717, 1.165) is 29.7 Å². The molecular formula is C21H21N3O4S. The van der Waals surface area contributed by atoms with Crippen LogP contribution in [-0.4, -0.2) is 41.0 Å². The van der Waals surface area contributed by atoms with Gasteiger partial charge >= 0.3 is 5.97 Å². The van der Waals surface area contributed by atoms with Gasteiger partial charge in [0.2, 0.25) is 5.91 Å². The Morgan fingerprint density at radius 2 is 1.93 bits per heavy atom. The van der Waals surface area contributed by atoms with E-state index in [0.29, 0.717) is 27.8 Å². The lowest BCUT2D eigenvalue weighted by atomic mass is 10.1. The van der Waals surface area contributed by atoms with E-state index in [9.17, 15) is 14.4 Å². The average Bonchev–Trinajstić information content (AvgIpc) is 3.34. The molecule has 0 bridgehead atoms. The van der Waals surface area contributed by atoms with Gasteiger partial charge in [-0.1, -0.05) is 12.1 Å². The fraction of sp³-hybridized carbons (Fsp3) is 0.333. The van der Waals surface area contributed by atoms with Crippen LogP contribution in [0.5, 0.6) is 0 Å². The van der Waals surface area contributed by atoms with E-state index in [-0.39, 0.29) is 24.6 Å². The number of nitrogens with zero attached hydrogens (tertiary/aromatic N) is 3. The molecule has 29 heavy (non-hydrogen) atoms. The first-order chi connectivity index (χ1) is 14.0. The summed E-state index contributed by atoms with van der Waals surface area (Å²) in [7, 11) is 0. The second-order valence-electron chi connectivity index (χ2n) is 6.56. The van der Waals surface area contributed by atoms with Crippen molar-refractivity contribution in [3.05, 3.63) is 54.9 Å². The van der Waals surface area contributed by atoms with E-state index in [1.807, 2.05) is 6.07 Å². The summed E-state index contributed by atoms with van der Waals surface area (Å²) in [5, 5.41) is 8.91. The molecule has 7 nitrogen and oxygen atoms in total. The quantitative estimate of drug-likeness (QED) is 0.671. The fourth-order valence-corrected chi connectivity index (χ4v) is 4.12. The smallest absolute Gasteiger partial charge is 0.333 e. The number of carbonyl (C=O) groups excluding carboxylic acids is 2. The molecule has 0 atom stereocenters. The molecule has 1 aliphatic rings. The largest absolute Gasteiger partial charge is 0.463 e. The van der Waals surface area contributed by atoms with Crippen LogP contribution < -0.4 is 14.8 Å². The molecule has 2 aromatic rings. The molecule has 150 valence electrons. The van der Waals surface area contributed by atoms with Crippen LogP contribution in [0.4, 0.5) is 0 Å². The second-order valence-corrected chi connectivity index (χ2v) is 7.62. The molecule has 1 saturated heterocycles. The van der Waals surface area contributed by atoms with Gasteiger partial charge in [0.1, 0.15) is 11.2 Å². The molecule has 0 saturated carbocycles. The van der Waals surface area contributed by atoms with E-state index in [2.05, 4.69) is 0 Å². The molecule has 0 aliphatic carbocycles. The van der Waals surface area contributed by atoms with E-state index in [1.54, 1.807) is 42.2 Å². The van der Waals surface area contributed by atoms with Crippen LogP contribution in [0.15, 0.2) is 29.1 Å². The van der Waals surface area contributed by atoms with E-state index in [4.69, 9.17) is 10.00 Å². The zero-order chi connectivity index (χ0) is 20.8. The van der Waals surface area contributed by atoms with Crippen molar-refractivity contribution in [2.45, 2.75) is 26.3 Å². The Morgan fingerprint density at radius 1 is 1.24 bits per heavy atom. The maximum absolute atomic E-state index is 13.0. The minimum Gasteiger partial charge on any atom is -0.463 e. The van der Waals surface area contributed by atoms with Gasteiger partial charge in [0.05, 0.1) is 28.8 Å². The molecular weight excluding hydrogens is 390 g/mol. The van der Waals surface area contributed by atoms with Gasteiger partial charge in [-0.2, -0.15) is 5.26 Å². The number of esters is 1. The summed E-state index contributed by atoms with van der Waals surface area (Å²) in [6.07, 6.45) is 4.87. The number of benzene rings is 1. The number of ether oxygens (including phenoxy) is 1. The number of likely N-dealkylation sites (tertiary alicyclic amines) is 1. The average molecular weight is 411 g/mol. The lowest BCUT2D eigenvalue weighted by Gasteiger charge is -2.15. The van der Waals surface area contributed by atoms with Crippen molar-refractivity contribution in [2.75, 3.05) is 19.7 Å². The SMILES string of the molecule is CCOC(=O)C=c1s/c(=C\c2ccc(C#N)cc2)c(=O)n1CC(=O)N1CCCC1. The monoisotopic (exact) mass is 411 g/mol. The van der Waals surface area contributed by atoms with Crippen LogP contribution in [0.1, 0.15) is 30.9 Å². The highest BCUT2D eigenvalue weighted by atomic mass is 32.1.